The third-order valence-electron chi connectivity index (χ3n) is 4.61. The third kappa shape index (κ3) is 11.9. The first-order valence-corrected chi connectivity index (χ1v) is 11.3. The van der Waals surface area contributed by atoms with Gasteiger partial charge in [-0.2, -0.15) is 0 Å². The summed E-state index contributed by atoms with van der Waals surface area (Å²) < 4.78 is 31.0. The average molecular weight is 449 g/mol. The van der Waals surface area contributed by atoms with Gasteiger partial charge in [0.1, 0.15) is 11.6 Å². The monoisotopic (exact) mass is 448 g/mol. The summed E-state index contributed by atoms with van der Waals surface area (Å²) in [6.45, 7) is 12.1. The Morgan fingerprint density at radius 2 is 1.34 bits per heavy atom. The van der Waals surface area contributed by atoms with Gasteiger partial charge in [-0.25, -0.2) is 8.78 Å². The first-order valence-electron chi connectivity index (χ1n) is 11.3. The molecule has 1 amide bonds. The number of carbonyl (C=O) groups excluding carboxylic acids is 1. The SMILES string of the molecule is CC(C)C.CCCC(c1ccc(F)cc1)c1ccc(F)cc1.NC(=O)CN1CCOCC1. The van der Waals surface area contributed by atoms with E-state index >= 15 is 0 Å². The van der Waals surface area contributed by atoms with Gasteiger partial charge in [-0.3, -0.25) is 9.69 Å². The zero-order valence-corrected chi connectivity index (χ0v) is 19.8. The van der Waals surface area contributed by atoms with Crippen LogP contribution in [0, 0.1) is 17.6 Å². The van der Waals surface area contributed by atoms with Gasteiger partial charge in [-0.1, -0.05) is 58.4 Å². The number of hydrogen-bond donors (Lipinski definition) is 1. The van der Waals surface area contributed by atoms with Crippen molar-refractivity contribution in [3.63, 3.8) is 0 Å². The van der Waals surface area contributed by atoms with E-state index in [1.165, 1.54) is 24.3 Å². The molecule has 0 aliphatic carbocycles. The van der Waals surface area contributed by atoms with Crippen LogP contribution < -0.4 is 5.73 Å². The molecule has 1 aliphatic rings. The Morgan fingerprint density at radius 1 is 0.938 bits per heavy atom. The van der Waals surface area contributed by atoms with Crippen LogP contribution >= 0.6 is 0 Å². The summed E-state index contributed by atoms with van der Waals surface area (Å²) in [5.41, 5.74) is 7.15. The third-order valence-corrected chi connectivity index (χ3v) is 4.61. The molecular weight excluding hydrogens is 410 g/mol. The highest BCUT2D eigenvalue weighted by Crippen LogP contribution is 2.29. The van der Waals surface area contributed by atoms with Gasteiger partial charge in [0.2, 0.25) is 5.91 Å². The molecule has 0 bridgehead atoms. The van der Waals surface area contributed by atoms with Crippen LogP contribution in [0.3, 0.4) is 0 Å². The van der Waals surface area contributed by atoms with Crippen LogP contribution in [0.15, 0.2) is 48.5 Å². The van der Waals surface area contributed by atoms with Crippen LogP contribution in [0.1, 0.15) is 57.6 Å². The Morgan fingerprint density at radius 3 is 1.69 bits per heavy atom. The molecule has 0 spiro atoms. The Kier molecular flexibility index (Phi) is 13.4. The van der Waals surface area contributed by atoms with Crippen LogP contribution in [-0.2, 0) is 9.53 Å². The minimum Gasteiger partial charge on any atom is -0.379 e. The number of hydrogen-bond acceptors (Lipinski definition) is 3. The number of ether oxygens (including phenoxy) is 1. The topological polar surface area (TPSA) is 55.6 Å². The van der Waals surface area contributed by atoms with E-state index in [0.717, 1.165) is 43.0 Å². The highest BCUT2D eigenvalue weighted by atomic mass is 19.1. The van der Waals surface area contributed by atoms with Crippen molar-refractivity contribution < 1.29 is 18.3 Å². The maximum atomic E-state index is 12.9. The summed E-state index contributed by atoms with van der Waals surface area (Å²) in [4.78, 5) is 12.4. The second-order valence-corrected chi connectivity index (χ2v) is 8.53. The van der Waals surface area contributed by atoms with Gasteiger partial charge in [0.25, 0.3) is 0 Å². The van der Waals surface area contributed by atoms with Crippen molar-refractivity contribution in [2.75, 3.05) is 32.8 Å². The predicted octanol–water partition coefficient (Wildman–Crippen LogP) is 5.36. The van der Waals surface area contributed by atoms with E-state index < -0.39 is 0 Å². The lowest BCUT2D eigenvalue weighted by Crippen LogP contribution is -2.41. The van der Waals surface area contributed by atoms with E-state index in [1.807, 2.05) is 4.90 Å². The van der Waals surface area contributed by atoms with Crippen molar-refractivity contribution in [3.05, 3.63) is 71.3 Å². The van der Waals surface area contributed by atoms with Crippen LogP contribution in [0.5, 0.6) is 0 Å². The minimum absolute atomic E-state index is 0.205. The molecule has 1 saturated heterocycles. The van der Waals surface area contributed by atoms with Gasteiger partial charge in [0, 0.05) is 19.0 Å². The van der Waals surface area contributed by atoms with Gasteiger partial charge in [0.05, 0.1) is 19.8 Å². The summed E-state index contributed by atoms with van der Waals surface area (Å²) in [5, 5.41) is 0. The quantitative estimate of drug-likeness (QED) is 0.647. The van der Waals surface area contributed by atoms with E-state index in [2.05, 4.69) is 27.7 Å². The number of halogens is 2. The molecule has 3 rings (SSSR count). The molecule has 2 aromatic carbocycles. The number of primary amides is 1. The number of nitrogens with two attached hydrogens (primary N) is 1. The summed E-state index contributed by atoms with van der Waals surface area (Å²) in [6.07, 6.45) is 2.00. The molecule has 0 atom stereocenters. The van der Waals surface area contributed by atoms with Crippen molar-refractivity contribution in [2.24, 2.45) is 11.7 Å². The van der Waals surface area contributed by atoms with Gasteiger partial charge < -0.3 is 10.5 Å². The fraction of sp³-hybridized carbons (Fsp3) is 0.500. The molecule has 4 nitrogen and oxygen atoms in total. The Hall–Kier alpha value is -2.31. The summed E-state index contributed by atoms with van der Waals surface area (Å²) in [6, 6.07) is 13.1. The van der Waals surface area contributed by atoms with E-state index in [1.54, 1.807) is 24.3 Å². The Balaban J connectivity index is 0.000000307. The zero-order valence-electron chi connectivity index (χ0n) is 19.8. The van der Waals surface area contributed by atoms with Crippen molar-refractivity contribution in [1.82, 2.24) is 4.90 Å². The maximum absolute atomic E-state index is 12.9. The molecule has 1 heterocycles. The maximum Gasteiger partial charge on any atom is 0.231 e. The molecule has 0 aromatic heterocycles. The fourth-order valence-corrected chi connectivity index (χ4v) is 3.18. The van der Waals surface area contributed by atoms with Gasteiger partial charge >= 0.3 is 0 Å². The van der Waals surface area contributed by atoms with Crippen molar-refractivity contribution in [2.45, 2.75) is 46.5 Å². The number of amides is 1. The van der Waals surface area contributed by atoms with Crippen molar-refractivity contribution >= 4 is 5.91 Å². The van der Waals surface area contributed by atoms with Gasteiger partial charge in [-0.15, -0.1) is 0 Å². The van der Waals surface area contributed by atoms with Gasteiger partial charge in [-0.05, 0) is 47.7 Å². The Labute approximate surface area is 191 Å². The molecule has 178 valence electrons. The van der Waals surface area contributed by atoms with Crippen LogP contribution in [-0.4, -0.2) is 43.7 Å². The van der Waals surface area contributed by atoms with Crippen LogP contribution in [0.2, 0.25) is 0 Å². The molecule has 0 saturated carbocycles. The van der Waals surface area contributed by atoms with Crippen molar-refractivity contribution in [1.29, 1.82) is 0 Å². The lowest BCUT2D eigenvalue weighted by atomic mass is 9.88. The van der Waals surface area contributed by atoms with E-state index in [9.17, 15) is 13.6 Å². The zero-order chi connectivity index (χ0) is 23.9. The predicted molar refractivity (Wildman–Crippen MR) is 127 cm³/mol. The summed E-state index contributed by atoms with van der Waals surface area (Å²) >= 11 is 0. The standard InChI is InChI=1S/C16H16F2.C6H12N2O2.C4H10/c1-2-3-16(12-4-8-14(17)9-5-12)13-6-10-15(18)11-7-13;7-6(9)5-8-1-3-10-4-2-8;1-4(2)3/h4-11,16H,2-3H2,1H3;1-5H2,(H2,7,9);4H,1-3H3. The summed E-state index contributed by atoms with van der Waals surface area (Å²) in [5.74, 6) is 0.319. The van der Waals surface area contributed by atoms with E-state index in [0.29, 0.717) is 19.8 Å². The number of rotatable bonds is 6. The van der Waals surface area contributed by atoms with E-state index in [-0.39, 0.29) is 23.5 Å². The smallest absolute Gasteiger partial charge is 0.231 e. The number of nitrogens with zero attached hydrogens (tertiary/aromatic N) is 1. The summed E-state index contributed by atoms with van der Waals surface area (Å²) in [7, 11) is 0. The van der Waals surface area contributed by atoms with Gasteiger partial charge in [0.15, 0.2) is 0 Å². The largest absolute Gasteiger partial charge is 0.379 e. The number of morpholine rings is 1. The second kappa shape index (κ2) is 15.5. The molecule has 2 N–H and O–H groups in total. The lowest BCUT2D eigenvalue weighted by Gasteiger charge is -2.24. The molecule has 0 radical (unpaired) electrons. The Bertz CT molecular complexity index is 710. The molecule has 1 fully saturated rings. The van der Waals surface area contributed by atoms with E-state index in [4.69, 9.17) is 10.5 Å². The highest BCUT2D eigenvalue weighted by molar-refractivity contribution is 5.75. The molecular formula is C26H38F2N2O2. The van der Waals surface area contributed by atoms with Crippen LogP contribution in [0.4, 0.5) is 8.78 Å². The lowest BCUT2D eigenvalue weighted by molar-refractivity contribution is -0.120. The normalized spacial score (nSPS) is 13.8. The van der Waals surface area contributed by atoms with Crippen molar-refractivity contribution in [3.8, 4) is 0 Å². The fourth-order valence-electron chi connectivity index (χ4n) is 3.18. The minimum atomic E-state index is -0.262. The number of benzene rings is 2. The first-order chi connectivity index (χ1) is 15.2. The molecule has 0 unspecified atom stereocenters. The highest BCUT2D eigenvalue weighted by Gasteiger charge is 2.13. The molecule has 32 heavy (non-hydrogen) atoms. The molecule has 6 heteroatoms. The molecule has 1 aliphatic heterocycles. The number of carbonyl (C=O) groups is 1. The molecule has 2 aromatic rings. The average Bonchev–Trinajstić information content (AvgIpc) is 2.74. The first kappa shape index (κ1) is 27.7. The van der Waals surface area contributed by atoms with Crippen LogP contribution in [0.25, 0.3) is 0 Å². The second-order valence-electron chi connectivity index (χ2n) is 8.53.